The van der Waals surface area contributed by atoms with Crippen LogP contribution in [0, 0.1) is 11.7 Å². The molecule has 0 aromatic heterocycles. The molecule has 3 nitrogen and oxygen atoms in total. The average Bonchev–Trinajstić information content (AvgIpc) is 2.86. The number of benzene rings is 1. The van der Waals surface area contributed by atoms with Gasteiger partial charge in [0.2, 0.25) is 5.91 Å². The summed E-state index contributed by atoms with van der Waals surface area (Å²) in [5.74, 6) is -0.353. The van der Waals surface area contributed by atoms with E-state index >= 15 is 0 Å². The molecule has 2 rings (SSSR count). The van der Waals surface area contributed by atoms with Gasteiger partial charge in [-0.05, 0) is 37.4 Å². The van der Waals surface area contributed by atoms with Crippen LogP contribution in [0.25, 0.3) is 0 Å². The van der Waals surface area contributed by atoms with Crippen LogP contribution in [-0.4, -0.2) is 30.4 Å². The van der Waals surface area contributed by atoms with Crippen LogP contribution in [0.3, 0.4) is 0 Å². The highest BCUT2D eigenvalue weighted by Crippen LogP contribution is 2.24. The fraction of sp³-hybridized carbons (Fsp3) is 0.500. The topological polar surface area (TPSA) is 46.3 Å². The van der Waals surface area contributed by atoms with Gasteiger partial charge < -0.3 is 10.6 Å². The molecule has 1 aromatic rings. The fourth-order valence-corrected chi connectivity index (χ4v) is 2.46. The van der Waals surface area contributed by atoms with Crippen molar-refractivity contribution in [2.24, 2.45) is 11.7 Å². The molecule has 1 aromatic carbocycles. The van der Waals surface area contributed by atoms with Crippen molar-refractivity contribution in [3.63, 3.8) is 0 Å². The number of carbonyl (C=O) groups is 1. The standard InChI is InChI=1S/C14H19FN2O/c1-10(12-4-2-3-5-13(12)15)14(18)17-7-6-11(8-16)9-17/h2-5,10-11H,6-9,16H2,1H3/t10-,11-/m1/s1. The molecule has 2 atom stereocenters. The number of rotatable bonds is 3. The Morgan fingerprint density at radius 3 is 2.89 bits per heavy atom. The highest BCUT2D eigenvalue weighted by Gasteiger charge is 2.29. The second kappa shape index (κ2) is 5.48. The van der Waals surface area contributed by atoms with Crippen molar-refractivity contribution in [1.82, 2.24) is 4.90 Å². The van der Waals surface area contributed by atoms with Gasteiger partial charge in [-0.1, -0.05) is 18.2 Å². The minimum atomic E-state index is -0.428. The van der Waals surface area contributed by atoms with Gasteiger partial charge in [0.1, 0.15) is 5.82 Å². The van der Waals surface area contributed by atoms with Gasteiger partial charge in [-0.3, -0.25) is 4.79 Å². The summed E-state index contributed by atoms with van der Waals surface area (Å²) >= 11 is 0. The van der Waals surface area contributed by atoms with Gasteiger partial charge in [0, 0.05) is 13.1 Å². The predicted octanol–water partition coefficient (Wildman–Crippen LogP) is 1.74. The number of halogens is 1. The smallest absolute Gasteiger partial charge is 0.229 e. The van der Waals surface area contributed by atoms with E-state index < -0.39 is 5.92 Å². The Kier molecular flexibility index (Phi) is 3.97. The number of hydrogen-bond donors (Lipinski definition) is 1. The number of nitrogens with two attached hydrogens (primary N) is 1. The third kappa shape index (κ3) is 2.53. The molecule has 98 valence electrons. The highest BCUT2D eigenvalue weighted by atomic mass is 19.1. The minimum Gasteiger partial charge on any atom is -0.342 e. The van der Waals surface area contributed by atoms with Gasteiger partial charge >= 0.3 is 0 Å². The molecule has 0 radical (unpaired) electrons. The summed E-state index contributed by atoms with van der Waals surface area (Å²) < 4.78 is 13.6. The molecule has 0 bridgehead atoms. The maximum atomic E-state index is 13.6. The number of amides is 1. The van der Waals surface area contributed by atoms with E-state index in [0.717, 1.165) is 13.0 Å². The van der Waals surface area contributed by atoms with Gasteiger partial charge in [-0.2, -0.15) is 0 Å². The summed E-state index contributed by atoms with van der Waals surface area (Å²) in [6.45, 7) is 3.81. The summed E-state index contributed by atoms with van der Waals surface area (Å²) in [5, 5.41) is 0. The van der Waals surface area contributed by atoms with E-state index in [9.17, 15) is 9.18 Å². The molecule has 2 N–H and O–H groups in total. The molecule has 1 aliphatic rings. The highest BCUT2D eigenvalue weighted by molar-refractivity contribution is 5.83. The second-order valence-corrected chi connectivity index (χ2v) is 4.92. The molecule has 4 heteroatoms. The lowest BCUT2D eigenvalue weighted by Crippen LogP contribution is -2.33. The lowest BCUT2D eigenvalue weighted by molar-refractivity contribution is -0.131. The Labute approximate surface area is 107 Å². The first-order valence-corrected chi connectivity index (χ1v) is 6.36. The molecule has 1 aliphatic heterocycles. The van der Waals surface area contributed by atoms with Gasteiger partial charge in [0.25, 0.3) is 0 Å². The zero-order chi connectivity index (χ0) is 13.1. The lowest BCUT2D eigenvalue weighted by atomic mass is 9.99. The molecule has 1 fully saturated rings. The summed E-state index contributed by atoms with van der Waals surface area (Å²) in [5.41, 5.74) is 6.08. The number of likely N-dealkylation sites (tertiary alicyclic amines) is 1. The van der Waals surface area contributed by atoms with Crippen molar-refractivity contribution < 1.29 is 9.18 Å². The number of carbonyl (C=O) groups excluding carboxylic acids is 1. The SMILES string of the molecule is C[C@@H](C(=O)N1CC[C@H](CN)C1)c1ccccc1F. The molecule has 1 saturated heterocycles. The molecule has 0 aliphatic carbocycles. The van der Waals surface area contributed by atoms with E-state index in [2.05, 4.69) is 0 Å². The van der Waals surface area contributed by atoms with E-state index in [4.69, 9.17) is 5.73 Å². The van der Waals surface area contributed by atoms with Crippen molar-refractivity contribution in [3.05, 3.63) is 35.6 Å². The third-order valence-electron chi connectivity index (χ3n) is 3.67. The molecule has 1 heterocycles. The third-order valence-corrected chi connectivity index (χ3v) is 3.67. The monoisotopic (exact) mass is 250 g/mol. The molecule has 1 amide bonds. The summed E-state index contributed by atoms with van der Waals surface area (Å²) in [7, 11) is 0. The van der Waals surface area contributed by atoms with Gasteiger partial charge in [-0.15, -0.1) is 0 Å². The molecular formula is C14H19FN2O. The minimum absolute atomic E-state index is 0.00366. The Morgan fingerprint density at radius 2 is 2.28 bits per heavy atom. The van der Waals surface area contributed by atoms with Crippen molar-refractivity contribution in [3.8, 4) is 0 Å². The Hall–Kier alpha value is -1.42. The summed E-state index contributed by atoms with van der Waals surface area (Å²) in [6, 6.07) is 6.46. The maximum Gasteiger partial charge on any atom is 0.229 e. The van der Waals surface area contributed by atoms with E-state index in [-0.39, 0.29) is 11.7 Å². The van der Waals surface area contributed by atoms with Crippen LogP contribution in [0.15, 0.2) is 24.3 Å². The summed E-state index contributed by atoms with van der Waals surface area (Å²) in [4.78, 5) is 14.1. The van der Waals surface area contributed by atoms with Crippen LogP contribution >= 0.6 is 0 Å². The first-order valence-electron chi connectivity index (χ1n) is 6.36. The molecule has 0 unspecified atom stereocenters. The van der Waals surface area contributed by atoms with Crippen molar-refractivity contribution >= 4 is 5.91 Å². The van der Waals surface area contributed by atoms with E-state index in [1.165, 1.54) is 6.07 Å². The predicted molar refractivity (Wildman–Crippen MR) is 68.6 cm³/mol. The maximum absolute atomic E-state index is 13.6. The van der Waals surface area contributed by atoms with Crippen molar-refractivity contribution in [2.75, 3.05) is 19.6 Å². The molecule has 0 spiro atoms. The first kappa shape index (κ1) is 13.0. The quantitative estimate of drug-likeness (QED) is 0.888. The van der Waals surface area contributed by atoms with Crippen molar-refractivity contribution in [2.45, 2.75) is 19.3 Å². The van der Waals surface area contributed by atoms with Crippen molar-refractivity contribution in [1.29, 1.82) is 0 Å². The summed E-state index contributed by atoms with van der Waals surface area (Å²) in [6.07, 6.45) is 0.951. The second-order valence-electron chi connectivity index (χ2n) is 4.92. The largest absolute Gasteiger partial charge is 0.342 e. The Balaban J connectivity index is 2.08. The number of hydrogen-bond acceptors (Lipinski definition) is 2. The van der Waals surface area contributed by atoms with Crippen LogP contribution in [-0.2, 0) is 4.79 Å². The molecule has 0 saturated carbocycles. The zero-order valence-corrected chi connectivity index (χ0v) is 10.6. The number of nitrogens with zero attached hydrogens (tertiary/aromatic N) is 1. The van der Waals surface area contributed by atoms with E-state index in [1.807, 2.05) is 0 Å². The van der Waals surface area contributed by atoms with Crippen LogP contribution in [0.4, 0.5) is 4.39 Å². The lowest BCUT2D eigenvalue weighted by Gasteiger charge is -2.21. The fourth-order valence-electron chi connectivity index (χ4n) is 2.46. The van der Waals surface area contributed by atoms with Crippen LogP contribution in [0.1, 0.15) is 24.8 Å². The molecule has 18 heavy (non-hydrogen) atoms. The van der Waals surface area contributed by atoms with Crippen LogP contribution < -0.4 is 5.73 Å². The Morgan fingerprint density at radius 1 is 1.56 bits per heavy atom. The van der Waals surface area contributed by atoms with Crippen LogP contribution in [0.5, 0.6) is 0 Å². The van der Waals surface area contributed by atoms with Crippen LogP contribution in [0.2, 0.25) is 0 Å². The van der Waals surface area contributed by atoms with E-state index in [1.54, 1.807) is 30.0 Å². The first-order chi connectivity index (χ1) is 8.63. The average molecular weight is 250 g/mol. The normalized spacial score (nSPS) is 21.1. The zero-order valence-electron chi connectivity index (χ0n) is 10.6. The molecular weight excluding hydrogens is 231 g/mol. The van der Waals surface area contributed by atoms with Gasteiger partial charge in [-0.25, -0.2) is 4.39 Å². The van der Waals surface area contributed by atoms with Gasteiger partial charge in [0.05, 0.1) is 5.92 Å². The van der Waals surface area contributed by atoms with E-state index in [0.29, 0.717) is 24.6 Å². The Bertz CT molecular complexity index is 436. The van der Waals surface area contributed by atoms with Gasteiger partial charge in [0.15, 0.2) is 0 Å².